The highest BCUT2D eigenvalue weighted by Gasteiger charge is 2.21. The molecular formula is C7H9NO4S. The lowest BCUT2D eigenvalue weighted by Gasteiger charge is -2.06. The average molecular weight is 203 g/mol. The topological polar surface area (TPSA) is 101 Å². The van der Waals surface area contributed by atoms with Crippen LogP contribution in [0.5, 0.6) is 0 Å². The number of hydrogen-bond acceptors (Lipinski definition) is 4. The van der Waals surface area contributed by atoms with Crippen molar-refractivity contribution >= 4 is 15.8 Å². The first-order valence-electron chi connectivity index (χ1n) is 3.41. The van der Waals surface area contributed by atoms with Crippen LogP contribution in [0, 0.1) is 0 Å². The summed E-state index contributed by atoms with van der Waals surface area (Å²) < 4.78 is 29.5. The van der Waals surface area contributed by atoms with Crippen molar-refractivity contribution in [1.82, 2.24) is 0 Å². The summed E-state index contributed by atoms with van der Waals surface area (Å²) in [5.74, 6) is 0. The van der Waals surface area contributed by atoms with Crippen molar-refractivity contribution in [1.29, 1.82) is 0 Å². The molecule has 0 saturated heterocycles. The second-order valence-corrected chi connectivity index (χ2v) is 4.01. The maximum Gasteiger partial charge on any atom is 0.296 e. The molecule has 72 valence electrons. The van der Waals surface area contributed by atoms with E-state index in [0.717, 1.165) is 0 Å². The van der Waals surface area contributed by atoms with Gasteiger partial charge in [-0.2, -0.15) is 8.42 Å². The molecule has 0 aliphatic carbocycles. The van der Waals surface area contributed by atoms with Crippen LogP contribution < -0.4 is 5.73 Å². The summed E-state index contributed by atoms with van der Waals surface area (Å²) in [5, 5.41) is 9.07. The summed E-state index contributed by atoms with van der Waals surface area (Å²) in [6, 6.07) is 5.52. The number of rotatable bonds is 2. The first kappa shape index (κ1) is 9.97. The van der Waals surface area contributed by atoms with Gasteiger partial charge in [-0.25, -0.2) is 0 Å². The Kier molecular flexibility index (Phi) is 2.55. The van der Waals surface area contributed by atoms with Gasteiger partial charge in [0.25, 0.3) is 10.1 Å². The number of anilines is 1. The lowest BCUT2D eigenvalue weighted by atomic mass is 10.2. The monoisotopic (exact) mass is 203 g/mol. The summed E-state index contributed by atoms with van der Waals surface area (Å²) in [5.41, 5.74) is 3.96. The second-order valence-electron chi connectivity index (χ2n) is 2.53. The predicted octanol–water partition coefficient (Wildman–Crippen LogP) is 0.148. The van der Waals surface area contributed by atoms with E-state index in [-0.39, 0.29) is 5.56 Å². The maximum atomic E-state index is 10.5. The molecular weight excluding hydrogens is 194 g/mol. The highest BCUT2D eigenvalue weighted by molar-refractivity contribution is 7.85. The fraction of sp³-hybridized carbons (Fsp3) is 0.143. The van der Waals surface area contributed by atoms with Gasteiger partial charge in [0, 0.05) is 5.69 Å². The standard InChI is InChI=1S/C7H9NO4S/c8-6-3-1-5(2-4-6)7(9)13(10,11)12/h1-4,7,9H,8H2,(H,10,11,12). The molecule has 13 heavy (non-hydrogen) atoms. The van der Waals surface area contributed by atoms with Crippen LogP contribution in [0.4, 0.5) is 5.69 Å². The number of nitrogen functional groups attached to an aromatic ring is 1. The van der Waals surface area contributed by atoms with Crippen LogP contribution in [0.15, 0.2) is 24.3 Å². The Morgan fingerprint density at radius 1 is 1.23 bits per heavy atom. The van der Waals surface area contributed by atoms with E-state index in [1.807, 2.05) is 0 Å². The lowest BCUT2D eigenvalue weighted by molar-refractivity contribution is 0.238. The van der Waals surface area contributed by atoms with Crippen molar-refractivity contribution in [3.8, 4) is 0 Å². The third-order valence-electron chi connectivity index (χ3n) is 1.50. The van der Waals surface area contributed by atoms with E-state index in [2.05, 4.69) is 0 Å². The zero-order chi connectivity index (χ0) is 10.1. The van der Waals surface area contributed by atoms with Crippen LogP contribution in [-0.4, -0.2) is 18.1 Å². The molecule has 1 aromatic carbocycles. The van der Waals surface area contributed by atoms with Gasteiger partial charge in [-0.3, -0.25) is 4.55 Å². The van der Waals surface area contributed by atoms with Gasteiger partial charge in [0.15, 0.2) is 0 Å². The van der Waals surface area contributed by atoms with Gasteiger partial charge >= 0.3 is 0 Å². The van der Waals surface area contributed by atoms with Gasteiger partial charge < -0.3 is 10.8 Å². The van der Waals surface area contributed by atoms with Crippen LogP contribution in [0.3, 0.4) is 0 Å². The van der Waals surface area contributed by atoms with Crippen LogP contribution in [-0.2, 0) is 10.1 Å². The minimum Gasteiger partial charge on any atom is -0.399 e. The fourth-order valence-corrected chi connectivity index (χ4v) is 1.33. The fourth-order valence-electron chi connectivity index (χ4n) is 0.833. The summed E-state index contributed by atoms with van der Waals surface area (Å²) in [7, 11) is -4.45. The summed E-state index contributed by atoms with van der Waals surface area (Å²) >= 11 is 0. The van der Waals surface area contributed by atoms with Crippen molar-refractivity contribution < 1.29 is 18.1 Å². The molecule has 0 spiro atoms. The van der Waals surface area contributed by atoms with Crippen molar-refractivity contribution in [2.45, 2.75) is 5.44 Å². The molecule has 1 aromatic rings. The zero-order valence-electron chi connectivity index (χ0n) is 6.58. The minimum atomic E-state index is -4.45. The third kappa shape index (κ3) is 2.41. The van der Waals surface area contributed by atoms with Gasteiger partial charge in [0.1, 0.15) is 0 Å². The first-order valence-corrected chi connectivity index (χ1v) is 4.91. The van der Waals surface area contributed by atoms with Crippen LogP contribution in [0.1, 0.15) is 11.0 Å². The molecule has 0 fully saturated rings. The molecule has 0 aliphatic heterocycles. The molecule has 0 saturated carbocycles. The summed E-state index contributed by atoms with van der Waals surface area (Å²) in [4.78, 5) is 0. The van der Waals surface area contributed by atoms with E-state index in [1.165, 1.54) is 24.3 Å². The van der Waals surface area contributed by atoms with Gasteiger partial charge in [0.2, 0.25) is 5.44 Å². The summed E-state index contributed by atoms with van der Waals surface area (Å²) in [6.07, 6.45) is 0. The SMILES string of the molecule is Nc1ccc(C(O)S(=O)(=O)O)cc1. The highest BCUT2D eigenvalue weighted by Crippen LogP contribution is 2.18. The van der Waals surface area contributed by atoms with E-state index in [1.54, 1.807) is 0 Å². The van der Waals surface area contributed by atoms with E-state index in [4.69, 9.17) is 15.4 Å². The smallest absolute Gasteiger partial charge is 0.296 e. The molecule has 0 aliphatic rings. The Balaban J connectivity index is 3.04. The molecule has 4 N–H and O–H groups in total. The van der Waals surface area contributed by atoms with Crippen LogP contribution in [0.2, 0.25) is 0 Å². The quantitative estimate of drug-likeness (QED) is 0.469. The molecule has 0 aromatic heterocycles. The van der Waals surface area contributed by atoms with Crippen molar-refractivity contribution in [3.63, 3.8) is 0 Å². The Hall–Kier alpha value is -1.11. The lowest BCUT2D eigenvalue weighted by Crippen LogP contribution is -2.11. The van der Waals surface area contributed by atoms with Gasteiger partial charge in [-0.05, 0) is 17.7 Å². The number of benzene rings is 1. The Morgan fingerprint density at radius 2 is 1.69 bits per heavy atom. The largest absolute Gasteiger partial charge is 0.399 e. The number of aliphatic hydroxyl groups excluding tert-OH is 1. The predicted molar refractivity (Wildman–Crippen MR) is 47.4 cm³/mol. The Labute approximate surface area is 75.6 Å². The summed E-state index contributed by atoms with van der Waals surface area (Å²) in [6.45, 7) is 0. The van der Waals surface area contributed by atoms with E-state index >= 15 is 0 Å². The Bertz CT molecular complexity index is 383. The molecule has 6 heteroatoms. The van der Waals surface area contributed by atoms with Crippen LogP contribution >= 0.6 is 0 Å². The van der Waals surface area contributed by atoms with E-state index in [0.29, 0.717) is 5.69 Å². The van der Waals surface area contributed by atoms with E-state index in [9.17, 15) is 8.42 Å². The average Bonchev–Trinajstić information content (AvgIpc) is 2.03. The number of aliphatic hydroxyl groups is 1. The van der Waals surface area contributed by atoms with Gasteiger partial charge in [0.05, 0.1) is 0 Å². The van der Waals surface area contributed by atoms with Crippen LogP contribution in [0.25, 0.3) is 0 Å². The molecule has 1 rings (SSSR count). The molecule has 5 nitrogen and oxygen atoms in total. The van der Waals surface area contributed by atoms with E-state index < -0.39 is 15.6 Å². The molecule has 0 bridgehead atoms. The second kappa shape index (κ2) is 3.33. The molecule has 1 atom stereocenters. The highest BCUT2D eigenvalue weighted by atomic mass is 32.2. The third-order valence-corrected chi connectivity index (χ3v) is 2.34. The number of nitrogens with two attached hydrogens (primary N) is 1. The van der Waals surface area contributed by atoms with Crippen molar-refractivity contribution in [2.75, 3.05) is 5.73 Å². The number of hydrogen-bond donors (Lipinski definition) is 3. The Morgan fingerprint density at radius 3 is 2.08 bits per heavy atom. The molecule has 0 radical (unpaired) electrons. The van der Waals surface area contributed by atoms with Crippen molar-refractivity contribution in [2.24, 2.45) is 0 Å². The van der Waals surface area contributed by atoms with Gasteiger partial charge in [-0.15, -0.1) is 0 Å². The normalized spacial score (nSPS) is 14.0. The maximum absolute atomic E-state index is 10.5. The zero-order valence-corrected chi connectivity index (χ0v) is 7.40. The van der Waals surface area contributed by atoms with Crippen molar-refractivity contribution in [3.05, 3.63) is 29.8 Å². The molecule has 0 amide bonds. The van der Waals surface area contributed by atoms with Gasteiger partial charge in [-0.1, -0.05) is 12.1 Å². The minimum absolute atomic E-state index is 0.0803. The first-order chi connectivity index (χ1) is 5.91. The molecule has 0 heterocycles. The molecule has 1 unspecified atom stereocenters.